The van der Waals surface area contributed by atoms with Crippen molar-refractivity contribution in [3.8, 4) is 0 Å². The van der Waals surface area contributed by atoms with Crippen LogP contribution in [0, 0.1) is 5.82 Å². The minimum Gasteiger partial charge on any atom is -0.269 e. The molecule has 3 rings (SSSR count). The van der Waals surface area contributed by atoms with Crippen molar-refractivity contribution in [1.82, 2.24) is 0 Å². The predicted molar refractivity (Wildman–Crippen MR) is 60.7 cm³/mol. The van der Waals surface area contributed by atoms with Crippen LogP contribution in [0.5, 0.6) is 0 Å². The van der Waals surface area contributed by atoms with Crippen LogP contribution in [-0.4, -0.2) is 12.1 Å². The molecule has 16 heavy (non-hydrogen) atoms. The van der Waals surface area contributed by atoms with Crippen LogP contribution in [0.2, 0.25) is 0 Å². The molecule has 0 N–H and O–H groups in total. The molecule has 1 fully saturated rings. The van der Waals surface area contributed by atoms with E-state index in [1.165, 1.54) is 6.07 Å². The van der Waals surface area contributed by atoms with Gasteiger partial charge in [-0.15, -0.1) is 0 Å². The number of fused-ring (bicyclic) bond motifs is 4. The Morgan fingerprint density at radius 1 is 1.56 bits per heavy atom. The molecule has 1 aromatic rings. The molecule has 0 saturated carbocycles. The number of halogens is 1. The predicted octanol–water partition coefficient (Wildman–Crippen LogP) is 2.84. The van der Waals surface area contributed by atoms with Gasteiger partial charge in [0.15, 0.2) is 0 Å². The molecule has 0 amide bonds. The van der Waals surface area contributed by atoms with Gasteiger partial charge >= 0.3 is 0 Å². The molecule has 0 spiro atoms. The highest BCUT2D eigenvalue weighted by Crippen LogP contribution is 2.40. The molecule has 0 aromatic heterocycles. The summed E-state index contributed by atoms with van der Waals surface area (Å²) in [5.74, 6) is -0.173. The summed E-state index contributed by atoms with van der Waals surface area (Å²) in [5, 5.41) is 1.89. The lowest BCUT2D eigenvalue weighted by Crippen LogP contribution is -2.31. The molecule has 3 heteroatoms. The maximum absolute atomic E-state index is 13.1. The Hall–Kier alpha value is -1.35. The lowest BCUT2D eigenvalue weighted by Gasteiger charge is -2.30. The minimum atomic E-state index is -0.173. The van der Waals surface area contributed by atoms with Gasteiger partial charge < -0.3 is 0 Å². The quantitative estimate of drug-likeness (QED) is 0.673. The van der Waals surface area contributed by atoms with Gasteiger partial charge in [-0.2, -0.15) is 0 Å². The Morgan fingerprint density at radius 3 is 3.12 bits per heavy atom. The topological polar surface area (TPSA) is 12.5 Å². The molecule has 2 atom stereocenters. The van der Waals surface area contributed by atoms with Crippen molar-refractivity contribution in [2.24, 2.45) is 0 Å². The maximum Gasteiger partial charge on any atom is 0.123 e. The molecule has 2 heterocycles. The molecule has 1 aromatic carbocycles. The second-order valence-electron chi connectivity index (χ2n) is 4.63. The van der Waals surface area contributed by atoms with E-state index in [9.17, 15) is 4.39 Å². The fourth-order valence-electron chi connectivity index (χ4n) is 2.55. The third-order valence-corrected chi connectivity index (χ3v) is 3.33. The van der Waals surface area contributed by atoms with Crippen LogP contribution in [0.25, 0.3) is 0 Å². The first-order chi connectivity index (χ1) is 7.65. The standard InChI is InChI=1S/C13H14FNO/c1-8(2)13-7-11-6-9-5-10(14)3-4-12(9)15(13)16-11/h3-5,11,13H,1,6-7H2,2H3/t11-,13-/m0/s1. The summed E-state index contributed by atoms with van der Waals surface area (Å²) in [6.07, 6.45) is 1.93. The number of benzene rings is 1. The monoisotopic (exact) mass is 219 g/mol. The molecule has 0 unspecified atom stereocenters. The van der Waals surface area contributed by atoms with E-state index < -0.39 is 0 Å². The van der Waals surface area contributed by atoms with Crippen LogP contribution in [-0.2, 0) is 11.3 Å². The first-order valence-electron chi connectivity index (χ1n) is 5.55. The van der Waals surface area contributed by atoms with Crippen molar-refractivity contribution in [1.29, 1.82) is 0 Å². The zero-order valence-electron chi connectivity index (χ0n) is 9.24. The molecule has 84 valence electrons. The van der Waals surface area contributed by atoms with Crippen molar-refractivity contribution in [2.45, 2.75) is 31.9 Å². The summed E-state index contributed by atoms with van der Waals surface area (Å²) < 4.78 is 13.1. The van der Waals surface area contributed by atoms with E-state index in [1.807, 2.05) is 12.0 Å². The molecule has 2 nitrogen and oxygen atoms in total. The Bertz CT molecular complexity index is 457. The van der Waals surface area contributed by atoms with Crippen molar-refractivity contribution < 1.29 is 9.23 Å². The van der Waals surface area contributed by atoms with E-state index in [0.29, 0.717) is 0 Å². The van der Waals surface area contributed by atoms with Crippen LogP contribution in [0.4, 0.5) is 10.1 Å². The maximum atomic E-state index is 13.1. The van der Waals surface area contributed by atoms with Crippen LogP contribution < -0.4 is 5.06 Å². The van der Waals surface area contributed by atoms with Crippen molar-refractivity contribution in [3.05, 3.63) is 41.7 Å². The highest BCUT2D eigenvalue weighted by molar-refractivity contribution is 5.57. The van der Waals surface area contributed by atoms with Gasteiger partial charge in [0.05, 0.1) is 17.8 Å². The van der Waals surface area contributed by atoms with Gasteiger partial charge in [0, 0.05) is 12.8 Å². The van der Waals surface area contributed by atoms with Gasteiger partial charge in [0.2, 0.25) is 0 Å². The number of rotatable bonds is 1. The Labute approximate surface area is 94.3 Å². The molecular weight excluding hydrogens is 205 g/mol. The van der Waals surface area contributed by atoms with E-state index in [-0.39, 0.29) is 18.0 Å². The highest BCUT2D eigenvalue weighted by atomic mass is 19.1. The number of hydrogen-bond acceptors (Lipinski definition) is 2. The second kappa shape index (κ2) is 3.32. The van der Waals surface area contributed by atoms with Gasteiger partial charge in [-0.3, -0.25) is 4.84 Å². The Balaban J connectivity index is 2.05. The first-order valence-corrected chi connectivity index (χ1v) is 5.55. The van der Waals surface area contributed by atoms with Gasteiger partial charge in [-0.05, 0) is 30.7 Å². The fraction of sp³-hybridized carbons (Fsp3) is 0.385. The third kappa shape index (κ3) is 1.35. The van der Waals surface area contributed by atoms with Crippen LogP contribution in [0.1, 0.15) is 18.9 Å². The number of anilines is 1. The number of hydroxylamine groups is 1. The van der Waals surface area contributed by atoms with E-state index >= 15 is 0 Å². The van der Waals surface area contributed by atoms with E-state index in [1.54, 1.807) is 12.1 Å². The summed E-state index contributed by atoms with van der Waals surface area (Å²) in [4.78, 5) is 5.79. The van der Waals surface area contributed by atoms with Gasteiger partial charge in [0.25, 0.3) is 0 Å². The van der Waals surface area contributed by atoms with Crippen molar-refractivity contribution >= 4 is 5.69 Å². The largest absolute Gasteiger partial charge is 0.269 e. The summed E-state index contributed by atoms with van der Waals surface area (Å²) in [6.45, 7) is 6.00. The molecule has 2 aliphatic heterocycles. The van der Waals surface area contributed by atoms with E-state index in [4.69, 9.17) is 4.84 Å². The molecule has 0 aliphatic carbocycles. The summed E-state index contributed by atoms with van der Waals surface area (Å²) >= 11 is 0. The molecule has 1 saturated heterocycles. The Kier molecular flexibility index (Phi) is 2.04. The van der Waals surface area contributed by atoms with Crippen molar-refractivity contribution in [3.63, 3.8) is 0 Å². The summed E-state index contributed by atoms with van der Waals surface area (Å²) in [6, 6.07) is 5.12. The Morgan fingerprint density at radius 2 is 2.38 bits per heavy atom. The van der Waals surface area contributed by atoms with Crippen LogP contribution >= 0.6 is 0 Å². The van der Waals surface area contributed by atoms with Gasteiger partial charge in [-0.25, -0.2) is 9.45 Å². The third-order valence-electron chi connectivity index (χ3n) is 3.33. The smallest absolute Gasteiger partial charge is 0.123 e. The van der Waals surface area contributed by atoms with Crippen LogP contribution in [0.3, 0.4) is 0 Å². The normalized spacial score (nSPS) is 26.8. The SMILES string of the molecule is C=C(C)[C@@H]1C[C@@H]2Cc3cc(F)ccc3N1O2. The van der Waals surface area contributed by atoms with Crippen molar-refractivity contribution in [2.75, 3.05) is 5.06 Å². The van der Waals surface area contributed by atoms with Gasteiger partial charge in [0.1, 0.15) is 5.82 Å². The van der Waals surface area contributed by atoms with E-state index in [2.05, 4.69) is 6.58 Å². The summed E-state index contributed by atoms with van der Waals surface area (Å²) in [7, 11) is 0. The molecular formula is C13H14FNO. The molecule has 0 radical (unpaired) electrons. The second-order valence-corrected chi connectivity index (χ2v) is 4.63. The minimum absolute atomic E-state index is 0.173. The average Bonchev–Trinajstić information content (AvgIpc) is 2.56. The first kappa shape index (κ1) is 9.85. The fourth-order valence-corrected chi connectivity index (χ4v) is 2.55. The zero-order valence-corrected chi connectivity index (χ0v) is 9.24. The summed E-state index contributed by atoms with van der Waals surface area (Å²) in [5.41, 5.74) is 3.13. The average molecular weight is 219 g/mol. The lowest BCUT2D eigenvalue weighted by atomic mass is 10.0. The lowest BCUT2D eigenvalue weighted by molar-refractivity contribution is 0.0747. The molecule has 2 aliphatic rings. The zero-order chi connectivity index (χ0) is 11.3. The van der Waals surface area contributed by atoms with Crippen LogP contribution in [0.15, 0.2) is 30.4 Å². The van der Waals surface area contributed by atoms with E-state index in [0.717, 1.165) is 29.7 Å². The highest BCUT2D eigenvalue weighted by Gasteiger charge is 2.39. The number of hydrogen-bond donors (Lipinski definition) is 0. The molecule has 2 bridgehead atoms. The number of nitrogens with zero attached hydrogens (tertiary/aromatic N) is 1. The van der Waals surface area contributed by atoms with Gasteiger partial charge in [-0.1, -0.05) is 12.2 Å².